The molecule has 2 rings (SSSR count). The summed E-state index contributed by atoms with van der Waals surface area (Å²) in [5.74, 6) is -1.69. The number of aryl methyl sites for hydroxylation is 1. The van der Waals surface area contributed by atoms with E-state index in [0.29, 0.717) is 6.61 Å². The van der Waals surface area contributed by atoms with E-state index < -0.39 is 30.3 Å². The average Bonchev–Trinajstić information content (AvgIpc) is 2.77. The van der Waals surface area contributed by atoms with Crippen molar-refractivity contribution in [3.8, 4) is 0 Å². The van der Waals surface area contributed by atoms with Crippen molar-refractivity contribution < 1.29 is 29.0 Å². The van der Waals surface area contributed by atoms with Crippen LogP contribution in [-0.4, -0.2) is 42.2 Å². The molecule has 0 saturated heterocycles. The van der Waals surface area contributed by atoms with E-state index in [9.17, 15) is 14.4 Å². The van der Waals surface area contributed by atoms with Gasteiger partial charge in [-0.1, -0.05) is 67.1 Å². The number of Topliss-reactive ketones (excluding diaryl/α,β-unsaturated/α-hetero) is 1. The zero-order valence-corrected chi connectivity index (χ0v) is 17.5. The Morgan fingerprint density at radius 3 is 2.16 bits per heavy atom. The van der Waals surface area contributed by atoms with Crippen molar-refractivity contribution in [2.24, 2.45) is 0 Å². The number of carbonyl (C=O) groups excluding carboxylic acids is 2. The van der Waals surface area contributed by atoms with Crippen LogP contribution >= 0.6 is 0 Å². The van der Waals surface area contributed by atoms with Gasteiger partial charge in [-0.3, -0.25) is 9.59 Å². The minimum absolute atomic E-state index is 0.0279. The molecule has 7 nitrogen and oxygen atoms in total. The maximum Gasteiger partial charge on any atom is 0.408 e. The predicted octanol–water partition coefficient (Wildman–Crippen LogP) is 3.75. The fourth-order valence-electron chi connectivity index (χ4n) is 2.96. The number of carboxylic acid groups (broad SMARTS) is 1. The molecule has 7 heteroatoms. The SMILES string of the molecule is O=C(O)C[C@H](NC(=O)OCc1ccccc1)C(=O)COCCCCCc1ccccc1. The van der Waals surface area contributed by atoms with Gasteiger partial charge < -0.3 is 19.9 Å². The number of hydrogen-bond donors (Lipinski definition) is 2. The number of carboxylic acids is 1. The van der Waals surface area contributed by atoms with Crippen LogP contribution in [0.25, 0.3) is 0 Å². The van der Waals surface area contributed by atoms with Crippen LogP contribution in [0.3, 0.4) is 0 Å². The first-order valence-corrected chi connectivity index (χ1v) is 10.4. The molecule has 0 aromatic heterocycles. The number of amides is 1. The van der Waals surface area contributed by atoms with Gasteiger partial charge in [0.05, 0.1) is 6.42 Å². The third kappa shape index (κ3) is 10.4. The van der Waals surface area contributed by atoms with Crippen LogP contribution in [0.1, 0.15) is 36.8 Å². The molecule has 166 valence electrons. The highest BCUT2D eigenvalue weighted by atomic mass is 16.5. The summed E-state index contributed by atoms with van der Waals surface area (Å²) in [4.78, 5) is 35.3. The fraction of sp³-hybridized carbons (Fsp3) is 0.375. The molecule has 2 aromatic rings. The Morgan fingerprint density at radius 2 is 1.52 bits per heavy atom. The largest absolute Gasteiger partial charge is 0.481 e. The highest BCUT2D eigenvalue weighted by molar-refractivity contribution is 5.91. The number of ketones is 1. The van der Waals surface area contributed by atoms with Crippen LogP contribution in [0.15, 0.2) is 60.7 Å². The first-order valence-electron chi connectivity index (χ1n) is 10.4. The standard InChI is InChI=1S/C24H29NO6/c26-22(18-30-15-9-3-8-12-19-10-4-1-5-11-19)21(16-23(27)28)25-24(29)31-17-20-13-6-2-7-14-20/h1-2,4-7,10-11,13-14,21H,3,8-9,12,15-18H2,(H,25,29)(H,27,28)/t21-/m0/s1. The van der Waals surface area contributed by atoms with Gasteiger partial charge in [0.2, 0.25) is 0 Å². The van der Waals surface area contributed by atoms with Gasteiger partial charge in [-0.2, -0.15) is 0 Å². The van der Waals surface area contributed by atoms with E-state index in [1.807, 2.05) is 36.4 Å². The predicted molar refractivity (Wildman–Crippen MR) is 116 cm³/mol. The Balaban J connectivity index is 1.65. The molecule has 0 bridgehead atoms. The second-order valence-electron chi connectivity index (χ2n) is 7.17. The van der Waals surface area contributed by atoms with Gasteiger partial charge in [-0.05, 0) is 30.4 Å². The molecular formula is C24H29NO6. The lowest BCUT2D eigenvalue weighted by atomic mass is 10.1. The average molecular weight is 427 g/mol. The minimum atomic E-state index is -1.20. The molecule has 31 heavy (non-hydrogen) atoms. The third-order valence-electron chi connectivity index (χ3n) is 4.61. The molecule has 0 saturated carbocycles. The molecule has 0 aliphatic heterocycles. The Bertz CT molecular complexity index is 809. The maximum atomic E-state index is 12.3. The summed E-state index contributed by atoms with van der Waals surface area (Å²) in [5.41, 5.74) is 2.08. The first kappa shape index (κ1) is 24.1. The van der Waals surface area contributed by atoms with Gasteiger partial charge in [0.15, 0.2) is 5.78 Å². The third-order valence-corrected chi connectivity index (χ3v) is 4.61. The normalized spacial score (nSPS) is 11.5. The summed E-state index contributed by atoms with van der Waals surface area (Å²) in [6.45, 7) is 0.175. The van der Waals surface area contributed by atoms with Gasteiger partial charge in [0, 0.05) is 6.61 Å². The Labute approximate surface area is 182 Å². The lowest BCUT2D eigenvalue weighted by molar-refractivity contribution is -0.140. The first-order chi connectivity index (χ1) is 15.0. The summed E-state index contributed by atoms with van der Waals surface area (Å²) in [7, 11) is 0. The number of aliphatic carboxylic acids is 1. The van der Waals surface area contributed by atoms with E-state index in [-0.39, 0.29) is 13.2 Å². The summed E-state index contributed by atoms with van der Waals surface area (Å²) < 4.78 is 10.4. The number of nitrogens with one attached hydrogen (secondary N) is 1. The molecule has 0 heterocycles. The topological polar surface area (TPSA) is 102 Å². The summed E-state index contributed by atoms with van der Waals surface area (Å²) in [5, 5.41) is 11.4. The zero-order valence-electron chi connectivity index (χ0n) is 17.5. The number of alkyl carbamates (subject to hydrolysis) is 1. The Morgan fingerprint density at radius 1 is 0.871 bits per heavy atom. The number of ether oxygens (including phenoxy) is 2. The van der Waals surface area contributed by atoms with Crippen LogP contribution in [0.4, 0.5) is 4.79 Å². The molecule has 2 aromatic carbocycles. The summed E-state index contributed by atoms with van der Waals surface area (Å²) in [6, 6.07) is 18.1. The van der Waals surface area contributed by atoms with Crippen molar-refractivity contribution in [1.82, 2.24) is 5.32 Å². The van der Waals surface area contributed by atoms with Gasteiger partial charge in [0.1, 0.15) is 19.3 Å². The number of rotatable bonds is 14. The molecule has 0 radical (unpaired) electrons. The van der Waals surface area contributed by atoms with Crippen LogP contribution in [0.5, 0.6) is 0 Å². The lowest BCUT2D eigenvalue weighted by Gasteiger charge is -2.16. The van der Waals surface area contributed by atoms with Crippen LogP contribution < -0.4 is 5.32 Å². The second kappa shape index (κ2) is 13.9. The maximum absolute atomic E-state index is 12.3. The van der Waals surface area contributed by atoms with Gasteiger partial charge in [0.25, 0.3) is 0 Å². The smallest absolute Gasteiger partial charge is 0.408 e. The molecule has 0 fully saturated rings. The molecule has 0 aliphatic carbocycles. The monoisotopic (exact) mass is 427 g/mol. The number of hydrogen-bond acceptors (Lipinski definition) is 5. The number of carbonyl (C=O) groups is 3. The highest BCUT2D eigenvalue weighted by Crippen LogP contribution is 2.07. The van der Waals surface area contributed by atoms with Crippen molar-refractivity contribution in [2.75, 3.05) is 13.2 Å². The van der Waals surface area contributed by atoms with Crippen molar-refractivity contribution in [3.63, 3.8) is 0 Å². The van der Waals surface area contributed by atoms with Crippen LogP contribution in [0.2, 0.25) is 0 Å². The van der Waals surface area contributed by atoms with Crippen LogP contribution in [-0.2, 0) is 32.1 Å². The quantitative estimate of drug-likeness (QED) is 0.445. The minimum Gasteiger partial charge on any atom is -0.481 e. The summed E-state index contributed by atoms with van der Waals surface area (Å²) in [6.07, 6.45) is 2.42. The number of benzene rings is 2. The molecule has 1 amide bonds. The fourth-order valence-corrected chi connectivity index (χ4v) is 2.96. The van der Waals surface area contributed by atoms with E-state index in [1.54, 1.807) is 12.1 Å². The molecule has 0 spiro atoms. The molecular weight excluding hydrogens is 398 g/mol. The van der Waals surface area contributed by atoms with Crippen molar-refractivity contribution in [2.45, 2.75) is 44.8 Å². The highest BCUT2D eigenvalue weighted by Gasteiger charge is 2.24. The van der Waals surface area contributed by atoms with E-state index in [1.165, 1.54) is 5.56 Å². The second-order valence-corrected chi connectivity index (χ2v) is 7.17. The van der Waals surface area contributed by atoms with E-state index >= 15 is 0 Å². The van der Waals surface area contributed by atoms with Gasteiger partial charge >= 0.3 is 12.1 Å². The van der Waals surface area contributed by atoms with Crippen molar-refractivity contribution in [3.05, 3.63) is 71.8 Å². The Kier molecular flexibility index (Phi) is 10.8. The molecule has 0 aliphatic rings. The lowest BCUT2D eigenvalue weighted by Crippen LogP contribution is -2.44. The molecule has 2 N–H and O–H groups in total. The van der Waals surface area contributed by atoms with E-state index in [2.05, 4.69) is 17.4 Å². The zero-order chi connectivity index (χ0) is 22.3. The summed E-state index contributed by atoms with van der Waals surface area (Å²) >= 11 is 0. The van der Waals surface area contributed by atoms with Gasteiger partial charge in [-0.15, -0.1) is 0 Å². The van der Waals surface area contributed by atoms with E-state index in [0.717, 1.165) is 31.2 Å². The van der Waals surface area contributed by atoms with Crippen molar-refractivity contribution in [1.29, 1.82) is 0 Å². The number of unbranched alkanes of at least 4 members (excludes halogenated alkanes) is 2. The van der Waals surface area contributed by atoms with Gasteiger partial charge in [-0.25, -0.2) is 4.79 Å². The Hall–Kier alpha value is -3.19. The molecule has 0 unspecified atom stereocenters. The van der Waals surface area contributed by atoms with Crippen LogP contribution in [0, 0.1) is 0 Å². The van der Waals surface area contributed by atoms with Crippen molar-refractivity contribution >= 4 is 17.8 Å². The van der Waals surface area contributed by atoms with E-state index in [4.69, 9.17) is 14.6 Å². The molecule has 1 atom stereocenters.